The van der Waals surface area contributed by atoms with E-state index in [1.807, 2.05) is 0 Å². The number of fused-ring (bicyclic) bond motifs is 2. The van der Waals surface area contributed by atoms with E-state index in [0.29, 0.717) is 0 Å². The molecule has 0 fully saturated rings. The second-order valence-corrected chi connectivity index (χ2v) is 27.3. The number of para-hydroxylation sites is 2. The van der Waals surface area contributed by atoms with Crippen LogP contribution in [0.3, 0.4) is 0 Å². The summed E-state index contributed by atoms with van der Waals surface area (Å²) in [6, 6.07) is 147. The molecule has 16 aromatic rings. The third-order valence-corrected chi connectivity index (χ3v) is 19.9. The summed E-state index contributed by atoms with van der Waals surface area (Å²) in [4.78, 5) is 4.72. The molecule has 526 valence electrons. The molecule has 16 aromatic carbocycles. The van der Waals surface area contributed by atoms with Crippen LogP contribution in [0, 0.1) is 13.8 Å². The molecule has 0 aliphatic heterocycles. The molecule has 0 amide bonds. The Bertz CT molecular complexity index is 5750. The first kappa shape index (κ1) is 71.4. The van der Waals surface area contributed by atoms with Gasteiger partial charge in [-0.05, 0) is 180 Å². The summed E-state index contributed by atoms with van der Waals surface area (Å²) in [5, 5.41) is 4.78. The van der Waals surface area contributed by atoms with Gasteiger partial charge in [-0.1, -0.05) is 418 Å². The molecule has 0 heterocycles. The lowest BCUT2D eigenvalue weighted by Gasteiger charge is -2.27. The number of hydrogen-bond acceptors (Lipinski definition) is 2. The predicted octanol–water partition coefficient (Wildman–Crippen LogP) is 29.3. The Kier molecular flexibility index (Phi) is 22.9. The zero-order chi connectivity index (χ0) is 74.5. The zero-order valence-corrected chi connectivity index (χ0v) is 61.9. The van der Waals surface area contributed by atoms with E-state index in [2.05, 4.69) is 497 Å². The highest BCUT2D eigenvalue weighted by molar-refractivity contribution is 6.07. The molecular formula is C108H84N2. The molecule has 0 saturated carbocycles. The first-order valence-corrected chi connectivity index (χ1v) is 37.7. The van der Waals surface area contributed by atoms with E-state index in [-0.39, 0.29) is 0 Å². The lowest BCUT2D eigenvalue weighted by Crippen LogP contribution is -2.10. The molecule has 2 heteroatoms. The van der Waals surface area contributed by atoms with E-state index in [4.69, 9.17) is 0 Å². The van der Waals surface area contributed by atoms with Crippen molar-refractivity contribution in [3.8, 4) is 0 Å². The van der Waals surface area contributed by atoms with Crippen LogP contribution in [0.5, 0.6) is 0 Å². The maximum atomic E-state index is 2.37. The third-order valence-electron chi connectivity index (χ3n) is 19.9. The van der Waals surface area contributed by atoms with Gasteiger partial charge in [-0.2, -0.15) is 0 Å². The van der Waals surface area contributed by atoms with Crippen molar-refractivity contribution in [2.75, 3.05) is 9.80 Å². The summed E-state index contributed by atoms with van der Waals surface area (Å²) in [6.07, 6.45) is 22.0. The quantitative estimate of drug-likeness (QED) is 0.0523. The molecule has 0 N–H and O–H groups in total. The van der Waals surface area contributed by atoms with Gasteiger partial charge in [-0.25, -0.2) is 0 Å². The molecule has 0 aliphatic rings. The third kappa shape index (κ3) is 17.4. The minimum Gasteiger partial charge on any atom is -0.310 e. The van der Waals surface area contributed by atoms with Crippen molar-refractivity contribution < 1.29 is 0 Å². The maximum Gasteiger partial charge on any atom is 0.0540 e. The van der Waals surface area contributed by atoms with Gasteiger partial charge in [0.2, 0.25) is 0 Å². The van der Waals surface area contributed by atoms with Gasteiger partial charge in [-0.15, -0.1) is 0 Å². The van der Waals surface area contributed by atoms with Crippen LogP contribution < -0.4 is 9.80 Å². The molecule has 2 nitrogen and oxygen atoms in total. The lowest BCUT2D eigenvalue weighted by atomic mass is 9.92. The number of nitrogens with zero attached hydrogens (tertiary/aromatic N) is 2. The summed E-state index contributed by atoms with van der Waals surface area (Å²) in [7, 11) is 0. The molecule has 16 rings (SSSR count). The Labute approximate surface area is 648 Å². The highest BCUT2D eigenvalue weighted by Gasteiger charge is 2.20. The largest absolute Gasteiger partial charge is 0.310 e. The second kappa shape index (κ2) is 35.3. The Morgan fingerprint density at radius 2 is 0.455 bits per heavy atom. The van der Waals surface area contributed by atoms with Gasteiger partial charge in [0.1, 0.15) is 0 Å². The Morgan fingerprint density at radius 3 is 0.782 bits per heavy atom. The second-order valence-electron chi connectivity index (χ2n) is 27.3. The number of allylic oxidation sites excluding steroid dienone is 6. The summed E-state index contributed by atoms with van der Waals surface area (Å²) in [5.41, 5.74) is 28.2. The molecule has 0 aromatic heterocycles. The Balaban J connectivity index is 0.000000175. The van der Waals surface area contributed by atoms with Crippen molar-refractivity contribution in [2.24, 2.45) is 0 Å². The SMILES string of the molecule is C(/C=C/c1ccc(N(c2ccccc2)c2ccc(/C=C/C=C(c3ccccc3)c3ccccc3)c3ccccc23)cc1)=C(c1ccccc1)c1ccccc1.Cc1ccc(C(=Cc2ccc(N(c3ccccc3)c3ccc(/C=C/C=C(c4ccccc4)c4ccccc4)cc3)c3ccccc23)c2ccc(C)cc2)cc1. The van der Waals surface area contributed by atoms with Crippen LogP contribution >= 0.6 is 0 Å². The van der Waals surface area contributed by atoms with E-state index >= 15 is 0 Å². The van der Waals surface area contributed by atoms with Gasteiger partial charge in [0.15, 0.2) is 0 Å². The van der Waals surface area contributed by atoms with Gasteiger partial charge >= 0.3 is 0 Å². The summed E-state index contributed by atoms with van der Waals surface area (Å²) in [6.45, 7) is 4.28. The average molecular weight is 1410 g/mol. The molecule has 0 bridgehead atoms. The molecular weight excluding hydrogens is 1330 g/mol. The van der Waals surface area contributed by atoms with Gasteiger partial charge in [0.05, 0.1) is 11.4 Å². The monoisotopic (exact) mass is 1410 g/mol. The lowest BCUT2D eigenvalue weighted by molar-refractivity contribution is 1.29. The van der Waals surface area contributed by atoms with Crippen molar-refractivity contribution in [1.82, 2.24) is 0 Å². The van der Waals surface area contributed by atoms with E-state index < -0.39 is 0 Å². The Morgan fingerprint density at radius 1 is 0.200 bits per heavy atom. The summed E-state index contributed by atoms with van der Waals surface area (Å²) < 4.78 is 0. The molecule has 0 unspecified atom stereocenters. The van der Waals surface area contributed by atoms with Crippen LogP contribution in [0.15, 0.2) is 449 Å². The van der Waals surface area contributed by atoms with Crippen molar-refractivity contribution in [1.29, 1.82) is 0 Å². The van der Waals surface area contributed by atoms with Gasteiger partial charge < -0.3 is 9.80 Å². The fourth-order valence-corrected chi connectivity index (χ4v) is 14.2. The van der Waals surface area contributed by atoms with Crippen LogP contribution in [0.25, 0.3) is 68.1 Å². The van der Waals surface area contributed by atoms with Gasteiger partial charge in [0, 0.05) is 33.5 Å². The number of benzene rings is 16. The van der Waals surface area contributed by atoms with Crippen LogP contribution in [0.1, 0.15) is 77.9 Å². The van der Waals surface area contributed by atoms with Crippen LogP contribution in [-0.2, 0) is 0 Å². The number of aryl methyl sites for hydroxylation is 2. The van der Waals surface area contributed by atoms with E-state index in [1.165, 1.54) is 111 Å². The van der Waals surface area contributed by atoms with Gasteiger partial charge in [-0.3, -0.25) is 0 Å². The van der Waals surface area contributed by atoms with Crippen LogP contribution in [0.2, 0.25) is 0 Å². The molecule has 0 saturated heterocycles. The Hall–Kier alpha value is -14.2. The highest BCUT2D eigenvalue weighted by Crippen LogP contribution is 2.43. The number of anilines is 6. The van der Waals surface area contributed by atoms with Crippen molar-refractivity contribution in [3.63, 3.8) is 0 Å². The summed E-state index contributed by atoms with van der Waals surface area (Å²) >= 11 is 0. The van der Waals surface area contributed by atoms with E-state index in [9.17, 15) is 0 Å². The number of hydrogen-bond donors (Lipinski definition) is 0. The minimum atomic E-state index is 1.10. The topological polar surface area (TPSA) is 6.48 Å². The first-order valence-electron chi connectivity index (χ1n) is 37.7. The van der Waals surface area contributed by atoms with Gasteiger partial charge in [0.25, 0.3) is 0 Å². The number of rotatable bonds is 21. The smallest absolute Gasteiger partial charge is 0.0540 e. The van der Waals surface area contributed by atoms with Crippen LogP contribution in [-0.4, -0.2) is 0 Å². The standard InChI is InChI=1S/C54H43N.C54H41N/c1-40-25-31-45(32-26-40)53(46-33-27-41(2)28-34-46)39-47-35-38-54(52-23-13-12-22-51(47)52)55(48-20-10-5-11-21-48)49-36-29-42(30-37-49)15-14-24-50(43-16-6-3-7-17-43)44-18-8-4-9-19-44;1-6-21-43(22-7-1)50(44-23-8-2-9-24-44)34-18-20-42-36-39-49(40-37-42)55(48-30-14-5-15-31-48)54-41-38-47(52-32-16-17-33-53(52)54)29-19-35-51(45-25-10-3-11-26-45)46-27-12-4-13-28-46/h3-39H,1-2H3;1-41H/b15-14+;20-18+,29-19+. The summed E-state index contributed by atoms with van der Waals surface area (Å²) in [5.74, 6) is 0. The fraction of sp³-hybridized carbons (Fsp3) is 0.0185. The highest BCUT2D eigenvalue weighted by atomic mass is 15.1. The van der Waals surface area contributed by atoms with E-state index in [1.54, 1.807) is 0 Å². The normalized spacial score (nSPS) is 11.1. The van der Waals surface area contributed by atoms with Crippen molar-refractivity contribution in [2.45, 2.75) is 13.8 Å². The predicted molar refractivity (Wildman–Crippen MR) is 474 cm³/mol. The molecule has 0 atom stereocenters. The molecule has 110 heavy (non-hydrogen) atoms. The van der Waals surface area contributed by atoms with Crippen LogP contribution in [0.4, 0.5) is 34.1 Å². The first-order chi connectivity index (χ1) is 54.4. The maximum absolute atomic E-state index is 2.37. The van der Waals surface area contributed by atoms with Crippen molar-refractivity contribution >= 4 is 102 Å². The minimum absolute atomic E-state index is 1.10. The molecule has 0 radical (unpaired) electrons. The molecule has 0 spiro atoms. The van der Waals surface area contributed by atoms with E-state index in [0.717, 1.165) is 45.3 Å². The molecule has 0 aliphatic carbocycles. The fourth-order valence-electron chi connectivity index (χ4n) is 14.2. The average Bonchev–Trinajstić information content (AvgIpc) is 0.763. The van der Waals surface area contributed by atoms with Crippen molar-refractivity contribution in [3.05, 3.63) is 527 Å². The zero-order valence-electron chi connectivity index (χ0n) is 61.9.